The van der Waals surface area contributed by atoms with Crippen LogP contribution in [0.25, 0.3) is 11.3 Å². The Morgan fingerprint density at radius 2 is 1.71 bits per heavy atom. The van der Waals surface area contributed by atoms with Gasteiger partial charge >= 0.3 is 0 Å². The molecule has 0 spiro atoms. The maximum absolute atomic E-state index is 13.1. The summed E-state index contributed by atoms with van der Waals surface area (Å²) >= 11 is 11.6. The largest absolute Gasteiger partial charge is 0.268 e. The molecule has 0 atom stereocenters. The standard InChI is InChI=1S/C18H14Cl2FN3O3S/c19-15-6-5-14(11-16(15)20)28(26,27)22-9-10-24-18(25)8-7-17(23-24)12-1-3-13(21)4-2-12/h1-8,11,22H,9-10H2. The predicted octanol–water partition coefficient (Wildman–Crippen LogP) is 3.33. The molecule has 0 unspecified atom stereocenters. The summed E-state index contributed by atoms with van der Waals surface area (Å²) in [5.41, 5.74) is 0.707. The Kier molecular flexibility index (Phi) is 6.14. The summed E-state index contributed by atoms with van der Waals surface area (Å²) in [5, 5.41) is 4.56. The zero-order valence-electron chi connectivity index (χ0n) is 14.3. The highest BCUT2D eigenvalue weighted by Gasteiger charge is 2.15. The number of aromatic nitrogens is 2. The van der Waals surface area contributed by atoms with Gasteiger partial charge in [0.2, 0.25) is 10.0 Å². The molecule has 1 N–H and O–H groups in total. The molecule has 0 saturated heterocycles. The van der Waals surface area contributed by atoms with E-state index in [0.29, 0.717) is 11.3 Å². The third-order valence-corrected chi connectivity index (χ3v) is 6.02. The fourth-order valence-electron chi connectivity index (χ4n) is 2.40. The Labute approximate surface area is 170 Å². The zero-order chi connectivity index (χ0) is 20.3. The van der Waals surface area contributed by atoms with Gasteiger partial charge < -0.3 is 0 Å². The minimum absolute atomic E-state index is 0.00835. The fraction of sp³-hybridized carbons (Fsp3) is 0.111. The zero-order valence-corrected chi connectivity index (χ0v) is 16.6. The normalized spacial score (nSPS) is 11.5. The Balaban J connectivity index is 1.73. The molecule has 0 fully saturated rings. The maximum Gasteiger partial charge on any atom is 0.266 e. The number of rotatable bonds is 6. The van der Waals surface area contributed by atoms with Gasteiger partial charge in [0.25, 0.3) is 5.56 Å². The molecule has 28 heavy (non-hydrogen) atoms. The molecule has 3 aromatic rings. The second-order valence-electron chi connectivity index (χ2n) is 5.76. The third kappa shape index (κ3) is 4.77. The van der Waals surface area contributed by atoms with Crippen LogP contribution in [0.2, 0.25) is 10.0 Å². The Bertz CT molecular complexity index is 1170. The first-order chi connectivity index (χ1) is 13.3. The lowest BCUT2D eigenvalue weighted by Crippen LogP contribution is -2.32. The maximum atomic E-state index is 13.1. The van der Waals surface area contributed by atoms with Crippen molar-refractivity contribution in [2.75, 3.05) is 6.54 Å². The number of halogens is 3. The molecule has 0 aliphatic carbocycles. The first kappa shape index (κ1) is 20.5. The average molecular weight is 442 g/mol. The lowest BCUT2D eigenvalue weighted by Gasteiger charge is -2.10. The summed E-state index contributed by atoms with van der Waals surface area (Å²) in [4.78, 5) is 12.0. The van der Waals surface area contributed by atoms with E-state index in [-0.39, 0.29) is 39.4 Å². The van der Waals surface area contributed by atoms with Crippen molar-refractivity contribution in [2.45, 2.75) is 11.4 Å². The Morgan fingerprint density at radius 1 is 1.00 bits per heavy atom. The number of benzene rings is 2. The van der Waals surface area contributed by atoms with Crippen molar-refractivity contribution in [3.63, 3.8) is 0 Å². The molecule has 0 amide bonds. The summed E-state index contributed by atoms with van der Waals surface area (Å²) < 4.78 is 41.2. The van der Waals surface area contributed by atoms with Gasteiger partial charge in [0.15, 0.2) is 0 Å². The molecule has 1 aromatic heterocycles. The molecule has 0 aliphatic rings. The molecule has 10 heteroatoms. The van der Waals surface area contributed by atoms with Gasteiger partial charge in [-0.3, -0.25) is 4.79 Å². The molecular weight excluding hydrogens is 428 g/mol. The van der Waals surface area contributed by atoms with E-state index in [1.54, 1.807) is 12.1 Å². The summed E-state index contributed by atoms with van der Waals surface area (Å²) in [6.07, 6.45) is 0. The van der Waals surface area contributed by atoms with Gasteiger partial charge in [-0.25, -0.2) is 22.2 Å². The van der Waals surface area contributed by atoms with Crippen LogP contribution in [0.5, 0.6) is 0 Å². The molecule has 0 radical (unpaired) electrons. The number of hydrogen-bond donors (Lipinski definition) is 1. The molecule has 6 nitrogen and oxygen atoms in total. The first-order valence-corrected chi connectivity index (χ1v) is 10.3. The quantitative estimate of drug-likeness (QED) is 0.635. The number of nitrogens with zero attached hydrogens (tertiary/aromatic N) is 2. The van der Waals surface area contributed by atoms with Crippen LogP contribution in [0.1, 0.15) is 0 Å². The van der Waals surface area contributed by atoms with Gasteiger partial charge in [-0.1, -0.05) is 23.2 Å². The Morgan fingerprint density at radius 3 is 2.39 bits per heavy atom. The molecule has 3 rings (SSSR count). The van der Waals surface area contributed by atoms with Gasteiger partial charge in [-0.05, 0) is 48.5 Å². The average Bonchev–Trinajstić information content (AvgIpc) is 2.66. The minimum atomic E-state index is -3.83. The van der Waals surface area contributed by atoms with Crippen LogP contribution in [0.3, 0.4) is 0 Å². The van der Waals surface area contributed by atoms with Crippen molar-refractivity contribution >= 4 is 33.2 Å². The summed E-state index contributed by atoms with van der Waals surface area (Å²) in [6.45, 7) is -0.0588. The topological polar surface area (TPSA) is 81.1 Å². The summed E-state index contributed by atoms with van der Waals surface area (Å²) in [6, 6.07) is 12.5. The van der Waals surface area contributed by atoms with Gasteiger partial charge in [0.05, 0.1) is 27.2 Å². The number of sulfonamides is 1. The van der Waals surface area contributed by atoms with E-state index < -0.39 is 10.0 Å². The molecule has 146 valence electrons. The van der Waals surface area contributed by atoms with Gasteiger partial charge in [-0.2, -0.15) is 5.10 Å². The van der Waals surface area contributed by atoms with Crippen LogP contribution in [-0.2, 0) is 16.6 Å². The van der Waals surface area contributed by atoms with E-state index >= 15 is 0 Å². The van der Waals surface area contributed by atoms with Crippen LogP contribution in [0.4, 0.5) is 4.39 Å². The SMILES string of the molecule is O=c1ccc(-c2ccc(F)cc2)nn1CCNS(=O)(=O)c1ccc(Cl)c(Cl)c1. The van der Waals surface area contributed by atoms with Crippen molar-refractivity contribution in [3.8, 4) is 11.3 Å². The second kappa shape index (κ2) is 8.40. The highest BCUT2D eigenvalue weighted by molar-refractivity contribution is 7.89. The summed E-state index contributed by atoms with van der Waals surface area (Å²) in [5.74, 6) is -0.381. The minimum Gasteiger partial charge on any atom is -0.268 e. The van der Waals surface area contributed by atoms with Crippen molar-refractivity contribution < 1.29 is 12.8 Å². The smallest absolute Gasteiger partial charge is 0.266 e. The fourth-order valence-corrected chi connectivity index (χ4v) is 3.81. The van der Waals surface area contributed by atoms with E-state index in [0.717, 1.165) is 4.68 Å². The molecule has 0 saturated carbocycles. The van der Waals surface area contributed by atoms with Crippen LogP contribution < -0.4 is 10.3 Å². The first-order valence-electron chi connectivity index (χ1n) is 8.05. The van der Waals surface area contributed by atoms with E-state index in [1.165, 1.54) is 42.5 Å². The van der Waals surface area contributed by atoms with Crippen molar-refractivity contribution in [1.29, 1.82) is 0 Å². The van der Waals surface area contributed by atoms with E-state index in [4.69, 9.17) is 23.2 Å². The predicted molar refractivity (Wildman–Crippen MR) is 106 cm³/mol. The van der Waals surface area contributed by atoms with E-state index in [2.05, 4.69) is 9.82 Å². The van der Waals surface area contributed by atoms with Crippen molar-refractivity contribution in [3.05, 3.63) is 80.8 Å². The number of hydrogen-bond acceptors (Lipinski definition) is 4. The lowest BCUT2D eigenvalue weighted by atomic mass is 10.1. The van der Waals surface area contributed by atoms with Gasteiger partial charge in [-0.15, -0.1) is 0 Å². The van der Waals surface area contributed by atoms with Crippen LogP contribution in [-0.4, -0.2) is 24.7 Å². The van der Waals surface area contributed by atoms with E-state index in [1.807, 2.05) is 0 Å². The monoisotopic (exact) mass is 441 g/mol. The lowest BCUT2D eigenvalue weighted by molar-refractivity contribution is 0.548. The van der Waals surface area contributed by atoms with Crippen LogP contribution in [0, 0.1) is 5.82 Å². The van der Waals surface area contributed by atoms with E-state index in [9.17, 15) is 17.6 Å². The summed E-state index contributed by atoms with van der Waals surface area (Å²) in [7, 11) is -3.83. The number of nitrogens with one attached hydrogen (secondary N) is 1. The molecule has 0 aliphatic heterocycles. The second-order valence-corrected chi connectivity index (χ2v) is 8.34. The third-order valence-electron chi connectivity index (χ3n) is 3.82. The highest BCUT2D eigenvalue weighted by Crippen LogP contribution is 2.24. The Hall–Kier alpha value is -2.26. The van der Waals surface area contributed by atoms with Crippen molar-refractivity contribution in [2.24, 2.45) is 0 Å². The highest BCUT2D eigenvalue weighted by atomic mass is 35.5. The van der Waals surface area contributed by atoms with Gasteiger partial charge in [0.1, 0.15) is 5.82 Å². The van der Waals surface area contributed by atoms with Crippen LogP contribution in [0.15, 0.2) is 64.3 Å². The van der Waals surface area contributed by atoms with Gasteiger partial charge in [0, 0.05) is 18.2 Å². The van der Waals surface area contributed by atoms with Crippen LogP contribution >= 0.6 is 23.2 Å². The molecule has 2 aromatic carbocycles. The molecule has 0 bridgehead atoms. The molecule has 1 heterocycles. The van der Waals surface area contributed by atoms with Crippen molar-refractivity contribution in [1.82, 2.24) is 14.5 Å². The molecular formula is C18H14Cl2FN3O3S.